The molecular weight excluding hydrogens is 152 g/mol. The standard InChI is InChI=1S/C6H12O5/c1-10-6-5(9)4(8)3(7)2-11-6/h3-9H,2H2,1H3/t3-,4?,5?,6+/m0/s1. The third kappa shape index (κ3) is 1.69. The van der Waals surface area contributed by atoms with Crippen LogP contribution in [0.25, 0.3) is 0 Å². The molecule has 0 aromatic heterocycles. The van der Waals surface area contributed by atoms with Crippen LogP contribution in [0.5, 0.6) is 0 Å². The fourth-order valence-corrected chi connectivity index (χ4v) is 0.987. The molecule has 1 heterocycles. The maximum Gasteiger partial charge on any atom is 0.185 e. The molecule has 0 aromatic carbocycles. The summed E-state index contributed by atoms with van der Waals surface area (Å²) in [5, 5.41) is 27.2. The first-order valence-electron chi connectivity index (χ1n) is 3.35. The highest BCUT2D eigenvalue weighted by atomic mass is 16.7. The summed E-state index contributed by atoms with van der Waals surface area (Å²) in [5.41, 5.74) is 0. The molecule has 3 N–H and O–H groups in total. The first-order chi connectivity index (χ1) is 5.16. The number of aliphatic hydroxyl groups excluding tert-OH is 3. The molecule has 1 aliphatic heterocycles. The van der Waals surface area contributed by atoms with Crippen LogP contribution < -0.4 is 0 Å². The fourth-order valence-electron chi connectivity index (χ4n) is 0.987. The van der Waals surface area contributed by atoms with Crippen LogP contribution in [0, 0.1) is 0 Å². The predicted octanol–water partition coefficient (Wildman–Crippen LogP) is -1.93. The lowest BCUT2D eigenvalue weighted by atomic mass is 10.1. The minimum atomic E-state index is -1.19. The van der Waals surface area contributed by atoms with Crippen molar-refractivity contribution in [2.45, 2.75) is 24.6 Å². The summed E-state index contributed by atoms with van der Waals surface area (Å²) in [7, 11) is 1.36. The van der Waals surface area contributed by atoms with E-state index in [-0.39, 0.29) is 6.61 Å². The average Bonchev–Trinajstić information content (AvgIpc) is 2.01. The van der Waals surface area contributed by atoms with Crippen LogP contribution in [0.1, 0.15) is 0 Å². The van der Waals surface area contributed by atoms with Gasteiger partial charge in [-0.05, 0) is 0 Å². The molecular formula is C6H12O5. The van der Waals surface area contributed by atoms with Crippen molar-refractivity contribution in [3.8, 4) is 0 Å². The minimum absolute atomic E-state index is 0.0171. The van der Waals surface area contributed by atoms with E-state index in [4.69, 9.17) is 20.1 Å². The molecule has 0 radical (unpaired) electrons. The van der Waals surface area contributed by atoms with Crippen molar-refractivity contribution in [1.82, 2.24) is 0 Å². The number of aliphatic hydroxyl groups is 3. The summed E-state index contributed by atoms with van der Waals surface area (Å²) in [6.07, 6.45) is -4.23. The van der Waals surface area contributed by atoms with Gasteiger partial charge in [-0.2, -0.15) is 0 Å². The SMILES string of the molecule is CO[C@@H]1OC[C@H](O)C(O)C1O. The van der Waals surface area contributed by atoms with Crippen molar-refractivity contribution >= 4 is 0 Å². The van der Waals surface area contributed by atoms with E-state index < -0.39 is 24.6 Å². The van der Waals surface area contributed by atoms with Crippen molar-refractivity contribution in [2.75, 3.05) is 13.7 Å². The molecule has 4 atom stereocenters. The van der Waals surface area contributed by atoms with Crippen molar-refractivity contribution in [3.63, 3.8) is 0 Å². The molecule has 0 aliphatic carbocycles. The van der Waals surface area contributed by atoms with Gasteiger partial charge in [0.2, 0.25) is 0 Å². The Labute approximate surface area is 64.2 Å². The maximum atomic E-state index is 9.15. The monoisotopic (exact) mass is 164 g/mol. The fraction of sp³-hybridized carbons (Fsp3) is 1.00. The van der Waals surface area contributed by atoms with Gasteiger partial charge in [-0.1, -0.05) is 0 Å². The Morgan fingerprint density at radius 2 is 1.91 bits per heavy atom. The van der Waals surface area contributed by atoms with Crippen LogP contribution in [-0.4, -0.2) is 53.6 Å². The predicted molar refractivity (Wildman–Crippen MR) is 34.8 cm³/mol. The first-order valence-corrected chi connectivity index (χ1v) is 3.35. The lowest BCUT2D eigenvalue weighted by molar-refractivity contribution is -0.261. The molecule has 1 saturated heterocycles. The molecule has 11 heavy (non-hydrogen) atoms. The van der Waals surface area contributed by atoms with Gasteiger partial charge in [0.15, 0.2) is 6.29 Å². The highest BCUT2D eigenvalue weighted by Gasteiger charge is 2.37. The molecule has 0 spiro atoms. The number of rotatable bonds is 1. The molecule has 0 saturated carbocycles. The molecule has 5 heteroatoms. The number of methoxy groups -OCH3 is 1. The van der Waals surface area contributed by atoms with Crippen molar-refractivity contribution in [1.29, 1.82) is 0 Å². The van der Waals surface area contributed by atoms with Crippen molar-refractivity contribution in [2.24, 2.45) is 0 Å². The highest BCUT2D eigenvalue weighted by molar-refractivity contribution is 4.81. The Bertz CT molecular complexity index is 126. The Hall–Kier alpha value is -0.200. The third-order valence-electron chi connectivity index (χ3n) is 1.69. The van der Waals surface area contributed by atoms with Crippen LogP contribution in [0.15, 0.2) is 0 Å². The van der Waals surface area contributed by atoms with Gasteiger partial charge in [-0.3, -0.25) is 0 Å². The molecule has 1 aliphatic rings. The normalized spacial score (nSPS) is 45.8. The lowest BCUT2D eigenvalue weighted by Gasteiger charge is -2.33. The van der Waals surface area contributed by atoms with Crippen LogP contribution in [0.4, 0.5) is 0 Å². The summed E-state index contributed by atoms with van der Waals surface area (Å²) in [6.45, 7) is -0.0171. The Kier molecular flexibility index (Phi) is 2.80. The molecule has 0 bridgehead atoms. The summed E-state index contributed by atoms with van der Waals surface area (Å²) in [5.74, 6) is 0. The largest absolute Gasteiger partial charge is 0.388 e. The average molecular weight is 164 g/mol. The van der Waals surface area contributed by atoms with Crippen molar-refractivity contribution < 1.29 is 24.8 Å². The van der Waals surface area contributed by atoms with E-state index in [9.17, 15) is 0 Å². The van der Waals surface area contributed by atoms with Crippen LogP contribution in [0.3, 0.4) is 0 Å². The van der Waals surface area contributed by atoms with E-state index in [0.29, 0.717) is 0 Å². The van der Waals surface area contributed by atoms with E-state index in [1.807, 2.05) is 0 Å². The van der Waals surface area contributed by atoms with E-state index in [1.54, 1.807) is 0 Å². The van der Waals surface area contributed by atoms with E-state index >= 15 is 0 Å². The zero-order chi connectivity index (χ0) is 8.43. The van der Waals surface area contributed by atoms with Gasteiger partial charge < -0.3 is 24.8 Å². The van der Waals surface area contributed by atoms with Crippen LogP contribution >= 0.6 is 0 Å². The Morgan fingerprint density at radius 1 is 1.27 bits per heavy atom. The Morgan fingerprint density at radius 3 is 2.45 bits per heavy atom. The van der Waals surface area contributed by atoms with Gasteiger partial charge in [-0.25, -0.2) is 0 Å². The highest BCUT2D eigenvalue weighted by Crippen LogP contribution is 2.15. The van der Waals surface area contributed by atoms with Gasteiger partial charge in [0, 0.05) is 7.11 Å². The molecule has 66 valence electrons. The quantitative estimate of drug-likeness (QED) is 0.420. The van der Waals surface area contributed by atoms with Gasteiger partial charge in [0.25, 0.3) is 0 Å². The molecule has 1 fully saturated rings. The summed E-state index contributed by atoms with van der Waals surface area (Å²) < 4.78 is 9.52. The van der Waals surface area contributed by atoms with Crippen molar-refractivity contribution in [3.05, 3.63) is 0 Å². The number of hydrogen-bond acceptors (Lipinski definition) is 5. The Balaban J connectivity index is 2.52. The zero-order valence-electron chi connectivity index (χ0n) is 6.17. The van der Waals surface area contributed by atoms with Gasteiger partial charge in [0.1, 0.15) is 18.3 Å². The first kappa shape index (κ1) is 8.89. The maximum absolute atomic E-state index is 9.15. The number of hydrogen-bond donors (Lipinski definition) is 3. The molecule has 5 nitrogen and oxygen atoms in total. The van der Waals surface area contributed by atoms with Gasteiger partial charge in [0.05, 0.1) is 6.61 Å². The summed E-state index contributed by atoms with van der Waals surface area (Å²) in [4.78, 5) is 0. The van der Waals surface area contributed by atoms with Crippen LogP contribution in [-0.2, 0) is 9.47 Å². The second-order valence-corrected chi connectivity index (χ2v) is 2.49. The second kappa shape index (κ2) is 3.46. The van der Waals surface area contributed by atoms with Gasteiger partial charge >= 0.3 is 0 Å². The minimum Gasteiger partial charge on any atom is -0.388 e. The smallest absolute Gasteiger partial charge is 0.185 e. The third-order valence-corrected chi connectivity index (χ3v) is 1.69. The van der Waals surface area contributed by atoms with E-state index in [1.165, 1.54) is 7.11 Å². The zero-order valence-corrected chi connectivity index (χ0v) is 6.17. The second-order valence-electron chi connectivity index (χ2n) is 2.49. The lowest BCUT2D eigenvalue weighted by Crippen LogP contribution is -2.53. The molecule has 2 unspecified atom stereocenters. The molecule has 1 rings (SSSR count). The topological polar surface area (TPSA) is 79.2 Å². The summed E-state index contributed by atoms with van der Waals surface area (Å²) in [6, 6.07) is 0. The van der Waals surface area contributed by atoms with Crippen LogP contribution in [0.2, 0.25) is 0 Å². The van der Waals surface area contributed by atoms with Gasteiger partial charge in [-0.15, -0.1) is 0 Å². The number of ether oxygens (including phenoxy) is 2. The summed E-state index contributed by atoms with van der Waals surface area (Å²) >= 11 is 0. The van der Waals surface area contributed by atoms with E-state index in [2.05, 4.69) is 4.74 Å². The van der Waals surface area contributed by atoms with E-state index in [0.717, 1.165) is 0 Å². The molecule has 0 aromatic rings. The molecule has 0 amide bonds.